The lowest BCUT2D eigenvalue weighted by Gasteiger charge is -2.18. The Hall–Kier alpha value is -1.81. The second-order valence-electron chi connectivity index (χ2n) is 3.89. The average molecular weight is 249 g/mol. The van der Waals surface area contributed by atoms with Crippen molar-refractivity contribution in [1.82, 2.24) is 5.32 Å². The molecule has 0 spiro atoms. The van der Waals surface area contributed by atoms with Gasteiger partial charge in [-0.2, -0.15) is 0 Å². The SMILES string of the molecule is CCNC(c1ccco1)c1cc(F)ccc1OC. The number of rotatable bonds is 5. The highest BCUT2D eigenvalue weighted by molar-refractivity contribution is 5.40. The first-order valence-corrected chi connectivity index (χ1v) is 5.86. The molecule has 1 aromatic heterocycles. The van der Waals surface area contributed by atoms with Gasteiger partial charge in [-0.25, -0.2) is 4.39 Å². The molecule has 2 aromatic rings. The molecule has 1 N–H and O–H groups in total. The Bertz CT molecular complexity index is 497. The van der Waals surface area contributed by atoms with E-state index < -0.39 is 0 Å². The molecular formula is C14H16FNO2. The average Bonchev–Trinajstić information content (AvgIpc) is 2.89. The Labute approximate surface area is 106 Å². The Morgan fingerprint density at radius 2 is 2.22 bits per heavy atom. The zero-order valence-electron chi connectivity index (χ0n) is 10.4. The molecule has 0 aliphatic carbocycles. The van der Waals surface area contributed by atoms with Crippen molar-refractivity contribution in [2.75, 3.05) is 13.7 Å². The van der Waals surface area contributed by atoms with Gasteiger partial charge in [0.15, 0.2) is 0 Å². The van der Waals surface area contributed by atoms with Crippen LogP contribution in [0.1, 0.15) is 24.3 Å². The van der Waals surface area contributed by atoms with Crippen LogP contribution >= 0.6 is 0 Å². The number of hydrogen-bond acceptors (Lipinski definition) is 3. The van der Waals surface area contributed by atoms with E-state index in [0.29, 0.717) is 5.75 Å². The van der Waals surface area contributed by atoms with Crippen LogP contribution in [0.15, 0.2) is 41.0 Å². The van der Waals surface area contributed by atoms with Crippen LogP contribution < -0.4 is 10.1 Å². The molecule has 18 heavy (non-hydrogen) atoms. The molecule has 0 saturated heterocycles. The number of benzene rings is 1. The minimum absolute atomic E-state index is 0.212. The minimum atomic E-state index is -0.291. The summed E-state index contributed by atoms with van der Waals surface area (Å²) in [5.41, 5.74) is 0.731. The molecule has 3 nitrogen and oxygen atoms in total. The molecule has 1 atom stereocenters. The summed E-state index contributed by atoms with van der Waals surface area (Å²) in [5.74, 6) is 1.08. The lowest BCUT2D eigenvalue weighted by Crippen LogP contribution is -2.22. The summed E-state index contributed by atoms with van der Waals surface area (Å²) in [6.45, 7) is 2.73. The Balaban J connectivity index is 2.45. The third kappa shape index (κ3) is 2.54. The minimum Gasteiger partial charge on any atom is -0.496 e. The molecule has 1 heterocycles. The van der Waals surface area contributed by atoms with Crippen molar-refractivity contribution in [2.45, 2.75) is 13.0 Å². The molecule has 0 aliphatic rings. The van der Waals surface area contributed by atoms with E-state index in [-0.39, 0.29) is 11.9 Å². The van der Waals surface area contributed by atoms with E-state index in [1.165, 1.54) is 12.1 Å². The smallest absolute Gasteiger partial charge is 0.125 e. The summed E-state index contributed by atoms with van der Waals surface area (Å²) in [6.07, 6.45) is 1.60. The number of hydrogen-bond donors (Lipinski definition) is 1. The molecular weight excluding hydrogens is 233 g/mol. The molecule has 2 rings (SSSR count). The molecule has 96 valence electrons. The predicted molar refractivity (Wildman–Crippen MR) is 67.2 cm³/mol. The largest absolute Gasteiger partial charge is 0.496 e. The van der Waals surface area contributed by atoms with Crippen LogP contribution in [-0.2, 0) is 0 Å². The summed E-state index contributed by atoms with van der Waals surface area (Å²) in [6, 6.07) is 7.93. The van der Waals surface area contributed by atoms with Crippen LogP contribution in [0.4, 0.5) is 4.39 Å². The Morgan fingerprint density at radius 3 is 2.83 bits per heavy atom. The summed E-state index contributed by atoms with van der Waals surface area (Å²) in [7, 11) is 1.57. The molecule has 1 aromatic carbocycles. The zero-order chi connectivity index (χ0) is 13.0. The fraction of sp³-hybridized carbons (Fsp3) is 0.286. The van der Waals surface area contributed by atoms with Crippen LogP contribution in [-0.4, -0.2) is 13.7 Å². The summed E-state index contributed by atoms with van der Waals surface area (Å²) in [4.78, 5) is 0. The number of furan rings is 1. The second kappa shape index (κ2) is 5.69. The van der Waals surface area contributed by atoms with Gasteiger partial charge in [0, 0.05) is 5.56 Å². The van der Waals surface area contributed by atoms with Gasteiger partial charge >= 0.3 is 0 Å². The maximum absolute atomic E-state index is 13.4. The van der Waals surface area contributed by atoms with Crippen LogP contribution in [0.3, 0.4) is 0 Å². The van der Waals surface area contributed by atoms with Gasteiger partial charge in [-0.15, -0.1) is 0 Å². The molecule has 0 aliphatic heterocycles. The van der Waals surface area contributed by atoms with Crippen molar-refractivity contribution < 1.29 is 13.5 Å². The van der Waals surface area contributed by atoms with Crippen molar-refractivity contribution in [2.24, 2.45) is 0 Å². The summed E-state index contributed by atoms with van der Waals surface area (Å²) >= 11 is 0. The third-order valence-electron chi connectivity index (χ3n) is 2.74. The van der Waals surface area contributed by atoms with E-state index in [1.54, 1.807) is 19.4 Å². The van der Waals surface area contributed by atoms with Crippen LogP contribution in [0.25, 0.3) is 0 Å². The van der Waals surface area contributed by atoms with Crippen molar-refractivity contribution >= 4 is 0 Å². The van der Waals surface area contributed by atoms with Gasteiger partial charge in [0.05, 0.1) is 19.4 Å². The standard InChI is InChI=1S/C14H16FNO2/c1-3-16-14(13-5-4-8-18-13)11-9-10(15)6-7-12(11)17-2/h4-9,14,16H,3H2,1-2H3. The second-order valence-corrected chi connectivity index (χ2v) is 3.89. The Morgan fingerprint density at radius 1 is 1.39 bits per heavy atom. The lowest BCUT2D eigenvalue weighted by molar-refractivity contribution is 0.392. The van der Waals surface area contributed by atoms with Crippen molar-refractivity contribution in [3.8, 4) is 5.75 Å². The fourth-order valence-corrected chi connectivity index (χ4v) is 1.95. The van der Waals surface area contributed by atoms with Gasteiger partial charge in [0.25, 0.3) is 0 Å². The first-order chi connectivity index (χ1) is 8.76. The maximum atomic E-state index is 13.4. The van der Waals surface area contributed by atoms with Crippen LogP contribution in [0.5, 0.6) is 5.75 Å². The van der Waals surface area contributed by atoms with Gasteiger partial charge in [-0.05, 0) is 36.9 Å². The van der Waals surface area contributed by atoms with Gasteiger partial charge in [-0.3, -0.25) is 0 Å². The van der Waals surface area contributed by atoms with Gasteiger partial charge in [-0.1, -0.05) is 6.92 Å². The van der Waals surface area contributed by atoms with E-state index >= 15 is 0 Å². The first kappa shape index (κ1) is 12.6. The highest BCUT2D eigenvalue weighted by Crippen LogP contribution is 2.30. The monoisotopic (exact) mass is 249 g/mol. The van der Waals surface area contributed by atoms with Crippen molar-refractivity contribution in [3.05, 3.63) is 53.7 Å². The highest BCUT2D eigenvalue weighted by atomic mass is 19.1. The summed E-state index contributed by atoms with van der Waals surface area (Å²) < 4.78 is 24.1. The van der Waals surface area contributed by atoms with Gasteiger partial charge in [0.1, 0.15) is 17.3 Å². The number of methoxy groups -OCH3 is 1. The quantitative estimate of drug-likeness (QED) is 0.884. The summed E-state index contributed by atoms with van der Waals surface area (Å²) in [5, 5.41) is 3.26. The molecule has 1 unspecified atom stereocenters. The first-order valence-electron chi connectivity index (χ1n) is 5.86. The van der Waals surface area contributed by atoms with Crippen molar-refractivity contribution in [1.29, 1.82) is 0 Å². The van der Waals surface area contributed by atoms with Gasteiger partial charge in [0.2, 0.25) is 0 Å². The molecule has 0 amide bonds. The number of halogens is 1. The molecule has 0 fully saturated rings. The van der Waals surface area contributed by atoms with Gasteiger partial charge < -0.3 is 14.5 Å². The van der Waals surface area contributed by atoms with E-state index in [4.69, 9.17) is 9.15 Å². The maximum Gasteiger partial charge on any atom is 0.125 e. The lowest BCUT2D eigenvalue weighted by atomic mass is 10.0. The highest BCUT2D eigenvalue weighted by Gasteiger charge is 2.20. The topological polar surface area (TPSA) is 34.4 Å². The predicted octanol–water partition coefficient (Wildman–Crippen LogP) is 3.13. The molecule has 4 heteroatoms. The number of nitrogens with one attached hydrogen (secondary N) is 1. The van der Waals surface area contributed by atoms with E-state index in [1.807, 2.05) is 19.1 Å². The number of ether oxygens (including phenoxy) is 1. The molecule has 0 bridgehead atoms. The normalized spacial score (nSPS) is 12.4. The molecule has 0 saturated carbocycles. The molecule has 0 radical (unpaired) electrons. The van der Waals surface area contributed by atoms with Crippen LogP contribution in [0, 0.1) is 5.82 Å². The van der Waals surface area contributed by atoms with Crippen molar-refractivity contribution in [3.63, 3.8) is 0 Å². The van der Waals surface area contributed by atoms with E-state index in [9.17, 15) is 4.39 Å². The zero-order valence-corrected chi connectivity index (χ0v) is 10.4. The fourth-order valence-electron chi connectivity index (χ4n) is 1.95. The van der Waals surface area contributed by atoms with Crippen LogP contribution in [0.2, 0.25) is 0 Å². The van der Waals surface area contributed by atoms with E-state index in [2.05, 4.69) is 5.32 Å². The third-order valence-corrected chi connectivity index (χ3v) is 2.74. The van der Waals surface area contributed by atoms with E-state index in [0.717, 1.165) is 17.9 Å². The Kier molecular flexibility index (Phi) is 3.99.